The van der Waals surface area contributed by atoms with Gasteiger partial charge in [0.15, 0.2) is 0 Å². The van der Waals surface area contributed by atoms with Gasteiger partial charge in [-0.25, -0.2) is 0 Å². The number of methoxy groups -OCH3 is 1. The van der Waals surface area contributed by atoms with Crippen molar-refractivity contribution < 1.29 is 19.3 Å². The van der Waals surface area contributed by atoms with Crippen LogP contribution in [0.15, 0.2) is 18.2 Å². The van der Waals surface area contributed by atoms with Crippen molar-refractivity contribution in [1.29, 1.82) is 0 Å². The lowest BCUT2D eigenvalue weighted by Gasteiger charge is -2.36. The highest BCUT2D eigenvalue weighted by Gasteiger charge is 2.25. The van der Waals surface area contributed by atoms with Gasteiger partial charge in [-0.1, -0.05) is 20.8 Å². The Labute approximate surface area is 151 Å². The van der Waals surface area contributed by atoms with Crippen molar-refractivity contribution in [3.63, 3.8) is 0 Å². The minimum Gasteiger partial charge on any atom is -0.497 e. The highest BCUT2D eigenvalue weighted by molar-refractivity contribution is 5.44. The molecule has 0 bridgehead atoms. The molecule has 0 aromatic heterocycles. The summed E-state index contributed by atoms with van der Waals surface area (Å²) in [4.78, 5) is 2.24. The van der Waals surface area contributed by atoms with E-state index in [0.29, 0.717) is 6.54 Å². The molecule has 1 aromatic carbocycles. The molecule has 0 aliphatic carbocycles. The summed E-state index contributed by atoms with van der Waals surface area (Å²) in [5.41, 5.74) is 1.01. The fourth-order valence-electron chi connectivity index (χ4n) is 3.32. The van der Waals surface area contributed by atoms with Gasteiger partial charge in [-0.2, -0.15) is 0 Å². The number of nitrogens with zero attached hydrogens (tertiary/aromatic N) is 1. The van der Waals surface area contributed by atoms with Crippen LogP contribution in [-0.4, -0.2) is 61.7 Å². The van der Waals surface area contributed by atoms with Gasteiger partial charge < -0.3 is 19.3 Å². The summed E-state index contributed by atoms with van der Waals surface area (Å²) in [5, 5.41) is 10.4. The van der Waals surface area contributed by atoms with Crippen LogP contribution in [0.1, 0.15) is 40.2 Å². The van der Waals surface area contributed by atoms with Gasteiger partial charge in [0.2, 0.25) is 0 Å². The minimum absolute atomic E-state index is 0.0656. The molecule has 1 saturated heterocycles. The predicted octanol–water partition coefficient (Wildman–Crippen LogP) is 2.84. The van der Waals surface area contributed by atoms with Gasteiger partial charge in [0.05, 0.1) is 19.3 Å². The second-order valence-corrected chi connectivity index (χ2v) is 8.05. The largest absolute Gasteiger partial charge is 0.497 e. The fourth-order valence-corrected chi connectivity index (χ4v) is 3.32. The summed E-state index contributed by atoms with van der Waals surface area (Å²) in [6.45, 7) is 13.1. The zero-order chi connectivity index (χ0) is 18.6. The summed E-state index contributed by atoms with van der Waals surface area (Å²) in [6, 6.07) is 5.82. The SMILES string of the molecule is COc1ccc(OC[C@@H](O)CN2C[C@@H](C)O[C@@H](C)C2)c(C(C)(C)C)c1. The monoisotopic (exact) mass is 351 g/mol. The van der Waals surface area contributed by atoms with Crippen LogP contribution in [0, 0.1) is 0 Å². The van der Waals surface area contributed by atoms with Crippen molar-refractivity contribution in [3.8, 4) is 11.5 Å². The van der Waals surface area contributed by atoms with E-state index in [1.165, 1.54) is 0 Å². The number of hydrogen-bond donors (Lipinski definition) is 1. The first-order chi connectivity index (χ1) is 11.7. The number of benzene rings is 1. The van der Waals surface area contributed by atoms with E-state index < -0.39 is 6.10 Å². The molecule has 142 valence electrons. The first-order valence-corrected chi connectivity index (χ1v) is 9.06. The zero-order valence-corrected chi connectivity index (χ0v) is 16.4. The third-order valence-corrected chi connectivity index (χ3v) is 4.39. The lowest BCUT2D eigenvalue weighted by molar-refractivity contribution is -0.0787. The first-order valence-electron chi connectivity index (χ1n) is 9.06. The zero-order valence-electron chi connectivity index (χ0n) is 16.4. The Kier molecular flexibility index (Phi) is 6.72. The van der Waals surface area contributed by atoms with Crippen molar-refractivity contribution >= 4 is 0 Å². The Balaban J connectivity index is 1.96. The highest BCUT2D eigenvalue weighted by Crippen LogP contribution is 2.34. The maximum Gasteiger partial charge on any atom is 0.123 e. The molecule has 1 fully saturated rings. The fraction of sp³-hybridized carbons (Fsp3) is 0.700. The summed E-state index contributed by atoms with van der Waals surface area (Å²) < 4.78 is 17.0. The number of morpholine rings is 1. The molecule has 1 aliphatic heterocycles. The van der Waals surface area contributed by atoms with Gasteiger partial charge >= 0.3 is 0 Å². The molecule has 5 heteroatoms. The summed E-state index contributed by atoms with van der Waals surface area (Å²) in [5.74, 6) is 1.62. The van der Waals surface area contributed by atoms with Crippen LogP contribution < -0.4 is 9.47 Å². The Morgan fingerprint density at radius 3 is 2.44 bits per heavy atom. The summed E-state index contributed by atoms with van der Waals surface area (Å²) >= 11 is 0. The van der Waals surface area contributed by atoms with Crippen LogP contribution in [0.25, 0.3) is 0 Å². The normalized spacial score (nSPS) is 23.3. The molecule has 1 N–H and O–H groups in total. The predicted molar refractivity (Wildman–Crippen MR) is 99.6 cm³/mol. The highest BCUT2D eigenvalue weighted by atomic mass is 16.5. The average molecular weight is 351 g/mol. The van der Waals surface area contributed by atoms with E-state index in [2.05, 4.69) is 39.5 Å². The van der Waals surface area contributed by atoms with Gasteiger partial charge in [-0.05, 0) is 37.5 Å². The third-order valence-electron chi connectivity index (χ3n) is 4.39. The summed E-state index contributed by atoms with van der Waals surface area (Å²) in [6.07, 6.45) is -0.135. The molecule has 0 radical (unpaired) electrons. The molecule has 3 atom stereocenters. The molecular formula is C20H33NO4. The number of hydrogen-bond acceptors (Lipinski definition) is 5. The quantitative estimate of drug-likeness (QED) is 0.854. The molecule has 1 aromatic rings. The standard InChI is InChI=1S/C20H33NO4/c1-14-10-21(11-15(2)25-14)12-16(22)13-24-19-8-7-17(23-6)9-18(19)20(3,4)5/h7-9,14-16,22H,10-13H2,1-6H3/t14-,15+,16-/m0/s1. The molecule has 1 aliphatic rings. The second kappa shape index (κ2) is 8.39. The Morgan fingerprint density at radius 1 is 1.24 bits per heavy atom. The van der Waals surface area contributed by atoms with Crippen LogP contribution in [0.3, 0.4) is 0 Å². The minimum atomic E-state index is -0.535. The van der Waals surface area contributed by atoms with Crippen molar-refractivity contribution in [2.75, 3.05) is 33.4 Å². The van der Waals surface area contributed by atoms with E-state index in [4.69, 9.17) is 14.2 Å². The van der Waals surface area contributed by atoms with Crippen molar-refractivity contribution in [2.24, 2.45) is 0 Å². The van der Waals surface area contributed by atoms with Crippen LogP contribution >= 0.6 is 0 Å². The average Bonchev–Trinajstić information content (AvgIpc) is 2.50. The van der Waals surface area contributed by atoms with Crippen LogP contribution in [0.5, 0.6) is 11.5 Å². The maximum absolute atomic E-state index is 10.4. The Morgan fingerprint density at radius 2 is 1.88 bits per heavy atom. The second-order valence-electron chi connectivity index (χ2n) is 8.05. The molecule has 0 saturated carbocycles. The Hall–Kier alpha value is -1.30. The molecule has 5 nitrogen and oxygen atoms in total. The van der Waals surface area contributed by atoms with Crippen LogP contribution in [0.4, 0.5) is 0 Å². The van der Waals surface area contributed by atoms with Crippen molar-refractivity contribution in [3.05, 3.63) is 23.8 Å². The van der Waals surface area contributed by atoms with E-state index in [1.807, 2.05) is 18.2 Å². The van der Waals surface area contributed by atoms with Gasteiger partial charge in [-0.15, -0.1) is 0 Å². The van der Waals surface area contributed by atoms with E-state index in [9.17, 15) is 5.11 Å². The molecule has 0 amide bonds. The van der Waals surface area contributed by atoms with Gasteiger partial charge in [-0.3, -0.25) is 4.90 Å². The van der Waals surface area contributed by atoms with E-state index >= 15 is 0 Å². The molecule has 25 heavy (non-hydrogen) atoms. The molecule has 2 rings (SSSR count). The number of ether oxygens (including phenoxy) is 3. The van der Waals surface area contributed by atoms with Gasteiger partial charge in [0.1, 0.15) is 24.2 Å². The first kappa shape index (κ1) is 20.0. The van der Waals surface area contributed by atoms with E-state index in [1.54, 1.807) is 7.11 Å². The molecular weight excluding hydrogens is 318 g/mol. The molecule has 0 spiro atoms. The maximum atomic E-state index is 10.4. The van der Waals surface area contributed by atoms with E-state index in [-0.39, 0.29) is 24.2 Å². The lowest BCUT2D eigenvalue weighted by atomic mass is 9.86. The third kappa shape index (κ3) is 5.87. The van der Waals surface area contributed by atoms with Crippen LogP contribution in [-0.2, 0) is 10.2 Å². The number of rotatable bonds is 6. The molecule has 1 heterocycles. The Bertz CT molecular complexity index is 545. The van der Waals surface area contributed by atoms with Gasteiger partial charge in [0, 0.05) is 25.2 Å². The molecule has 0 unspecified atom stereocenters. The smallest absolute Gasteiger partial charge is 0.123 e. The number of aliphatic hydroxyl groups excluding tert-OH is 1. The van der Waals surface area contributed by atoms with E-state index in [0.717, 1.165) is 30.2 Å². The van der Waals surface area contributed by atoms with Gasteiger partial charge in [0.25, 0.3) is 0 Å². The van der Waals surface area contributed by atoms with Crippen molar-refractivity contribution in [2.45, 2.75) is 58.3 Å². The summed E-state index contributed by atoms with van der Waals surface area (Å²) in [7, 11) is 1.66. The van der Waals surface area contributed by atoms with Crippen LogP contribution in [0.2, 0.25) is 0 Å². The lowest BCUT2D eigenvalue weighted by Crippen LogP contribution is -2.48. The number of aliphatic hydroxyl groups is 1. The number of β-amino-alcohol motifs (C(OH)–C–C–N with tert-alkyl or cyclic N) is 1. The van der Waals surface area contributed by atoms with Crippen molar-refractivity contribution in [1.82, 2.24) is 4.90 Å². The topological polar surface area (TPSA) is 51.2 Å².